The van der Waals surface area contributed by atoms with Crippen LogP contribution in [0.3, 0.4) is 0 Å². The molecule has 0 saturated heterocycles. The van der Waals surface area contributed by atoms with Gasteiger partial charge in [-0.3, -0.25) is 13.9 Å². The number of carbonyl (C=O) groups is 2. The van der Waals surface area contributed by atoms with Crippen LogP contribution in [0.4, 0.5) is 5.69 Å². The van der Waals surface area contributed by atoms with E-state index in [1.54, 1.807) is 49.4 Å². The van der Waals surface area contributed by atoms with Crippen LogP contribution < -0.4 is 9.62 Å². The Bertz CT molecular complexity index is 1440. The van der Waals surface area contributed by atoms with E-state index in [9.17, 15) is 18.0 Å². The number of halogens is 3. The van der Waals surface area contributed by atoms with E-state index in [1.807, 2.05) is 20.8 Å². The molecule has 0 aromatic heterocycles. The number of sulfonamides is 1. The minimum Gasteiger partial charge on any atom is -0.350 e. The zero-order valence-corrected chi connectivity index (χ0v) is 25.1. The summed E-state index contributed by atoms with van der Waals surface area (Å²) in [6, 6.07) is 17.8. The average molecular weight is 611 g/mol. The number of nitrogens with zero attached hydrogens (tertiary/aromatic N) is 2. The highest BCUT2D eigenvalue weighted by Gasteiger charge is 2.33. The van der Waals surface area contributed by atoms with Gasteiger partial charge >= 0.3 is 0 Å². The van der Waals surface area contributed by atoms with Gasteiger partial charge in [0, 0.05) is 27.2 Å². The SMILES string of the molecule is C[C@@H](C(=O)NC(C)(C)C)N(Cc1ccccc1Cl)C(=O)CN(c1cccc(Cl)c1)S(=O)(=O)c1ccc(Cl)cc1. The summed E-state index contributed by atoms with van der Waals surface area (Å²) in [4.78, 5) is 28.3. The molecule has 1 N–H and O–H groups in total. The Hall–Kier alpha value is -2.78. The first-order chi connectivity index (χ1) is 18.2. The fourth-order valence-corrected chi connectivity index (χ4v) is 5.67. The molecule has 7 nitrogen and oxygen atoms in total. The van der Waals surface area contributed by atoms with Crippen LogP contribution >= 0.6 is 34.8 Å². The molecule has 3 aromatic carbocycles. The van der Waals surface area contributed by atoms with Crippen molar-refractivity contribution in [3.8, 4) is 0 Å². The van der Waals surface area contributed by atoms with Crippen LogP contribution in [0.2, 0.25) is 15.1 Å². The highest BCUT2D eigenvalue weighted by atomic mass is 35.5. The first-order valence-electron chi connectivity index (χ1n) is 12.1. The van der Waals surface area contributed by atoms with Gasteiger partial charge < -0.3 is 10.2 Å². The predicted octanol–water partition coefficient (Wildman–Crippen LogP) is 6.17. The topological polar surface area (TPSA) is 86.8 Å². The molecule has 208 valence electrons. The van der Waals surface area contributed by atoms with Crippen LogP contribution in [0.15, 0.2) is 77.7 Å². The van der Waals surface area contributed by atoms with Gasteiger partial charge in [-0.15, -0.1) is 0 Å². The Morgan fingerprint density at radius 1 is 0.897 bits per heavy atom. The van der Waals surface area contributed by atoms with E-state index >= 15 is 0 Å². The van der Waals surface area contributed by atoms with E-state index in [0.29, 0.717) is 20.6 Å². The maximum Gasteiger partial charge on any atom is 0.264 e. The minimum absolute atomic E-state index is 0.0123. The van der Waals surface area contributed by atoms with Gasteiger partial charge in [-0.05, 0) is 81.8 Å². The summed E-state index contributed by atoms with van der Waals surface area (Å²) in [7, 11) is -4.23. The normalized spacial score (nSPS) is 12.5. The largest absolute Gasteiger partial charge is 0.350 e. The molecule has 0 aliphatic heterocycles. The van der Waals surface area contributed by atoms with Crippen molar-refractivity contribution in [3.63, 3.8) is 0 Å². The number of anilines is 1. The van der Waals surface area contributed by atoms with E-state index in [1.165, 1.54) is 35.2 Å². The van der Waals surface area contributed by atoms with E-state index < -0.39 is 40.0 Å². The molecule has 11 heteroatoms. The highest BCUT2D eigenvalue weighted by molar-refractivity contribution is 7.92. The standard InChI is InChI=1S/C28H30Cl3N3O4S/c1-19(27(36)32-28(2,3)4)33(17-20-8-5-6-11-25(20)31)26(35)18-34(23-10-7-9-22(30)16-23)39(37,38)24-14-12-21(29)13-15-24/h5-16,19H,17-18H2,1-4H3,(H,32,36)/t19-/m0/s1. The Labute approximate surface area is 244 Å². The molecule has 0 unspecified atom stereocenters. The lowest BCUT2D eigenvalue weighted by Gasteiger charge is -2.33. The minimum atomic E-state index is -4.23. The van der Waals surface area contributed by atoms with Crippen molar-refractivity contribution in [1.82, 2.24) is 10.2 Å². The zero-order chi connectivity index (χ0) is 29.0. The Kier molecular flexibility index (Phi) is 9.93. The van der Waals surface area contributed by atoms with Gasteiger partial charge in [0.2, 0.25) is 11.8 Å². The van der Waals surface area contributed by atoms with Gasteiger partial charge in [0.15, 0.2) is 0 Å². The van der Waals surface area contributed by atoms with Crippen LogP contribution in [0.25, 0.3) is 0 Å². The zero-order valence-electron chi connectivity index (χ0n) is 22.0. The fraction of sp³-hybridized carbons (Fsp3) is 0.286. The smallest absolute Gasteiger partial charge is 0.264 e. The van der Waals surface area contributed by atoms with Crippen LogP contribution in [0.5, 0.6) is 0 Å². The molecule has 1 atom stereocenters. The first-order valence-corrected chi connectivity index (χ1v) is 14.7. The summed E-state index contributed by atoms with van der Waals surface area (Å²) in [6.45, 7) is 6.48. The van der Waals surface area contributed by atoms with Crippen LogP contribution in [-0.4, -0.2) is 43.3 Å². The highest BCUT2D eigenvalue weighted by Crippen LogP contribution is 2.28. The quantitative estimate of drug-likeness (QED) is 0.314. The Morgan fingerprint density at radius 2 is 1.54 bits per heavy atom. The van der Waals surface area contributed by atoms with Gasteiger partial charge in [-0.25, -0.2) is 8.42 Å². The number of amides is 2. The molecule has 2 amide bonds. The Morgan fingerprint density at radius 3 is 2.13 bits per heavy atom. The third-order valence-corrected chi connectivity index (χ3v) is 8.38. The predicted molar refractivity (Wildman–Crippen MR) is 157 cm³/mol. The number of hydrogen-bond acceptors (Lipinski definition) is 4. The third-order valence-electron chi connectivity index (χ3n) is 5.74. The molecule has 39 heavy (non-hydrogen) atoms. The van der Waals surface area contributed by atoms with Crippen LogP contribution in [0.1, 0.15) is 33.3 Å². The van der Waals surface area contributed by atoms with Crippen molar-refractivity contribution >= 4 is 62.3 Å². The van der Waals surface area contributed by atoms with Crippen molar-refractivity contribution in [2.45, 2.75) is 50.7 Å². The molecular formula is C28H30Cl3N3O4S. The van der Waals surface area contributed by atoms with Crippen molar-refractivity contribution in [2.24, 2.45) is 0 Å². The Balaban J connectivity index is 2.05. The maximum absolute atomic E-state index is 13.9. The molecule has 0 aliphatic rings. The molecular weight excluding hydrogens is 581 g/mol. The second-order valence-electron chi connectivity index (χ2n) is 9.97. The number of nitrogens with one attached hydrogen (secondary N) is 1. The number of hydrogen-bond donors (Lipinski definition) is 1. The second kappa shape index (κ2) is 12.6. The molecule has 3 rings (SSSR count). The van der Waals surface area contributed by atoms with E-state index in [2.05, 4.69) is 5.32 Å². The second-order valence-corrected chi connectivity index (χ2v) is 13.1. The monoisotopic (exact) mass is 609 g/mol. The van der Waals surface area contributed by atoms with Gasteiger partial charge in [0.1, 0.15) is 12.6 Å². The van der Waals surface area contributed by atoms with Crippen molar-refractivity contribution in [1.29, 1.82) is 0 Å². The molecule has 0 spiro atoms. The molecule has 0 fully saturated rings. The molecule has 0 radical (unpaired) electrons. The first kappa shape index (κ1) is 30.8. The average Bonchev–Trinajstić information content (AvgIpc) is 2.85. The maximum atomic E-state index is 13.9. The van der Waals surface area contributed by atoms with Gasteiger partial charge in [-0.1, -0.05) is 59.1 Å². The summed E-state index contributed by atoms with van der Waals surface area (Å²) in [6.07, 6.45) is 0. The van der Waals surface area contributed by atoms with E-state index in [-0.39, 0.29) is 17.1 Å². The summed E-state index contributed by atoms with van der Waals surface area (Å²) >= 11 is 18.5. The van der Waals surface area contributed by atoms with Gasteiger partial charge in [0.25, 0.3) is 10.0 Å². The third kappa shape index (κ3) is 8.11. The lowest BCUT2D eigenvalue weighted by atomic mass is 10.1. The summed E-state index contributed by atoms with van der Waals surface area (Å²) in [5.74, 6) is -0.998. The molecule has 0 aliphatic carbocycles. The van der Waals surface area contributed by atoms with Crippen molar-refractivity contribution in [3.05, 3.63) is 93.4 Å². The number of benzene rings is 3. The van der Waals surface area contributed by atoms with E-state index in [4.69, 9.17) is 34.8 Å². The number of carbonyl (C=O) groups excluding carboxylic acids is 2. The van der Waals surface area contributed by atoms with Crippen LogP contribution in [-0.2, 0) is 26.2 Å². The summed E-state index contributed by atoms with van der Waals surface area (Å²) in [5, 5.41) is 3.96. The molecule has 0 heterocycles. The fourth-order valence-electron chi connectivity index (χ4n) is 3.76. The van der Waals surface area contributed by atoms with E-state index in [0.717, 1.165) is 4.31 Å². The lowest BCUT2D eigenvalue weighted by Crippen LogP contribution is -2.54. The lowest BCUT2D eigenvalue weighted by molar-refractivity contribution is -0.140. The number of rotatable bonds is 9. The van der Waals surface area contributed by atoms with Crippen LogP contribution in [0, 0.1) is 0 Å². The van der Waals surface area contributed by atoms with Gasteiger partial charge in [0.05, 0.1) is 10.6 Å². The molecule has 0 saturated carbocycles. The van der Waals surface area contributed by atoms with Crippen molar-refractivity contribution < 1.29 is 18.0 Å². The van der Waals surface area contributed by atoms with Gasteiger partial charge in [-0.2, -0.15) is 0 Å². The van der Waals surface area contributed by atoms with Crippen molar-refractivity contribution in [2.75, 3.05) is 10.8 Å². The summed E-state index contributed by atoms with van der Waals surface area (Å²) in [5.41, 5.74) is 0.253. The molecule has 3 aromatic rings. The molecule has 0 bridgehead atoms. The summed E-state index contributed by atoms with van der Waals surface area (Å²) < 4.78 is 28.5.